The number of hydrogen-bond acceptors (Lipinski definition) is 4. The summed E-state index contributed by atoms with van der Waals surface area (Å²) in [5, 5.41) is 6.32. The fraction of sp³-hybridized carbons (Fsp3) is 0.312. The van der Waals surface area contributed by atoms with E-state index in [0.717, 1.165) is 12.0 Å². The highest BCUT2D eigenvalue weighted by molar-refractivity contribution is 5.96. The Morgan fingerprint density at radius 3 is 2.86 bits per heavy atom. The lowest BCUT2D eigenvalue weighted by Crippen LogP contribution is -2.51. The van der Waals surface area contributed by atoms with E-state index in [2.05, 4.69) is 15.0 Å². The summed E-state index contributed by atoms with van der Waals surface area (Å²) < 4.78 is 4.65. The van der Waals surface area contributed by atoms with Crippen LogP contribution in [0.15, 0.2) is 47.2 Å². The zero-order valence-corrected chi connectivity index (χ0v) is 12.1. The van der Waals surface area contributed by atoms with E-state index in [4.69, 9.17) is 0 Å². The molecule has 1 aromatic carbocycles. The van der Waals surface area contributed by atoms with E-state index in [-0.39, 0.29) is 17.5 Å². The van der Waals surface area contributed by atoms with Crippen molar-refractivity contribution in [3.05, 3.63) is 53.9 Å². The second-order valence-electron chi connectivity index (χ2n) is 5.30. The van der Waals surface area contributed by atoms with Gasteiger partial charge in [0.05, 0.1) is 0 Å². The molecule has 0 spiro atoms. The third-order valence-corrected chi connectivity index (χ3v) is 3.72. The van der Waals surface area contributed by atoms with Crippen molar-refractivity contribution in [3.63, 3.8) is 0 Å². The van der Waals surface area contributed by atoms with Gasteiger partial charge in [-0.3, -0.25) is 9.59 Å². The molecule has 0 saturated carbocycles. The van der Waals surface area contributed by atoms with Gasteiger partial charge < -0.3 is 14.7 Å². The number of nitrogens with zero attached hydrogens (tertiary/aromatic N) is 2. The van der Waals surface area contributed by atoms with Gasteiger partial charge in [-0.15, -0.1) is 0 Å². The zero-order valence-electron chi connectivity index (χ0n) is 12.1. The summed E-state index contributed by atoms with van der Waals surface area (Å²) in [5.41, 5.74) is 1.27. The fourth-order valence-electron chi connectivity index (χ4n) is 2.60. The monoisotopic (exact) mass is 299 g/mol. The second-order valence-corrected chi connectivity index (χ2v) is 5.30. The van der Waals surface area contributed by atoms with E-state index in [1.54, 1.807) is 4.90 Å². The average molecular weight is 299 g/mol. The number of carbonyl (C=O) groups excluding carboxylic acids is 2. The average Bonchev–Trinajstić information content (AvgIpc) is 3.07. The smallest absolute Gasteiger partial charge is 0.274 e. The van der Waals surface area contributed by atoms with E-state index in [0.29, 0.717) is 19.5 Å². The first-order chi connectivity index (χ1) is 10.7. The van der Waals surface area contributed by atoms with Gasteiger partial charge >= 0.3 is 0 Å². The Kier molecular flexibility index (Phi) is 4.18. The van der Waals surface area contributed by atoms with Gasteiger partial charge in [0, 0.05) is 19.2 Å². The van der Waals surface area contributed by atoms with Crippen LogP contribution >= 0.6 is 0 Å². The minimum Gasteiger partial charge on any atom is -0.364 e. The number of likely N-dealkylation sites (tertiary alicyclic amines) is 1. The maximum absolute atomic E-state index is 12.5. The molecular formula is C16H17N3O3. The molecule has 6 nitrogen and oxygen atoms in total. The van der Waals surface area contributed by atoms with Gasteiger partial charge in [-0.2, -0.15) is 0 Å². The van der Waals surface area contributed by atoms with Crippen molar-refractivity contribution < 1.29 is 14.1 Å². The fourth-order valence-corrected chi connectivity index (χ4v) is 2.60. The molecule has 1 fully saturated rings. The zero-order chi connectivity index (χ0) is 15.4. The quantitative estimate of drug-likeness (QED) is 0.930. The largest absolute Gasteiger partial charge is 0.364 e. The van der Waals surface area contributed by atoms with Gasteiger partial charge in [0.1, 0.15) is 12.3 Å². The van der Waals surface area contributed by atoms with Crippen LogP contribution < -0.4 is 5.32 Å². The molecule has 0 radical (unpaired) electrons. The number of piperidine rings is 1. The standard InChI is InChI=1S/C16H17N3O3/c20-15(13-8-10-22-18-13)17-14-7-4-9-19(16(14)21)11-12-5-2-1-3-6-12/h1-3,5-6,8,10,14H,4,7,9,11H2,(H,17,20)/t14-/m0/s1. The highest BCUT2D eigenvalue weighted by atomic mass is 16.5. The van der Waals surface area contributed by atoms with Gasteiger partial charge in [-0.05, 0) is 18.4 Å². The van der Waals surface area contributed by atoms with Gasteiger partial charge in [-0.25, -0.2) is 0 Å². The maximum atomic E-state index is 12.5. The Balaban J connectivity index is 1.64. The van der Waals surface area contributed by atoms with Crippen LogP contribution in [0.3, 0.4) is 0 Å². The molecule has 6 heteroatoms. The van der Waals surface area contributed by atoms with Crippen LogP contribution in [0.1, 0.15) is 28.9 Å². The number of nitrogens with one attached hydrogen (secondary N) is 1. The molecule has 1 atom stereocenters. The minimum atomic E-state index is -0.498. The topological polar surface area (TPSA) is 75.4 Å². The second kappa shape index (κ2) is 6.43. The number of aromatic nitrogens is 1. The molecule has 2 amide bonds. The number of amides is 2. The van der Waals surface area contributed by atoms with Crippen molar-refractivity contribution in [3.8, 4) is 0 Å². The first-order valence-corrected chi connectivity index (χ1v) is 7.28. The van der Waals surface area contributed by atoms with Crippen molar-refractivity contribution in [2.24, 2.45) is 0 Å². The van der Waals surface area contributed by atoms with Gasteiger partial charge in [-0.1, -0.05) is 35.5 Å². The van der Waals surface area contributed by atoms with Crippen LogP contribution in [0.5, 0.6) is 0 Å². The molecule has 1 aromatic heterocycles. The SMILES string of the molecule is O=C(N[C@H]1CCCN(Cc2ccccc2)C1=O)c1ccon1. The predicted molar refractivity (Wildman–Crippen MR) is 78.9 cm³/mol. The van der Waals surface area contributed by atoms with Crippen LogP contribution in [-0.4, -0.2) is 34.5 Å². The van der Waals surface area contributed by atoms with E-state index in [9.17, 15) is 9.59 Å². The third-order valence-electron chi connectivity index (χ3n) is 3.72. The highest BCUT2D eigenvalue weighted by Crippen LogP contribution is 2.15. The normalized spacial score (nSPS) is 18.3. The third kappa shape index (κ3) is 3.16. The van der Waals surface area contributed by atoms with Crippen LogP contribution in [-0.2, 0) is 11.3 Å². The number of hydrogen-bond donors (Lipinski definition) is 1. The van der Waals surface area contributed by atoms with Gasteiger partial charge in [0.25, 0.3) is 5.91 Å². The van der Waals surface area contributed by atoms with Crippen molar-refractivity contribution in [2.45, 2.75) is 25.4 Å². The molecule has 1 saturated heterocycles. The molecule has 114 valence electrons. The summed E-state index contributed by atoms with van der Waals surface area (Å²) in [4.78, 5) is 26.3. The van der Waals surface area contributed by atoms with Crippen molar-refractivity contribution in [1.82, 2.24) is 15.4 Å². The molecule has 2 heterocycles. The molecule has 2 aromatic rings. The molecule has 1 N–H and O–H groups in total. The number of rotatable bonds is 4. The van der Waals surface area contributed by atoms with Crippen LogP contribution in [0.25, 0.3) is 0 Å². The summed E-state index contributed by atoms with van der Waals surface area (Å²) in [5.74, 6) is -0.430. The molecule has 0 bridgehead atoms. The van der Waals surface area contributed by atoms with Gasteiger partial charge in [0.15, 0.2) is 5.69 Å². The Hall–Kier alpha value is -2.63. The predicted octanol–water partition coefficient (Wildman–Crippen LogP) is 1.60. The van der Waals surface area contributed by atoms with E-state index < -0.39 is 6.04 Å². The molecule has 1 aliphatic rings. The first kappa shape index (κ1) is 14.3. The Bertz CT molecular complexity index is 640. The molecule has 3 rings (SSSR count). The Morgan fingerprint density at radius 1 is 1.32 bits per heavy atom. The van der Waals surface area contributed by atoms with Crippen molar-refractivity contribution in [1.29, 1.82) is 0 Å². The number of carbonyl (C=O) groups is 2. The molecule has 0 unspecified atom stereocenters. The molecule has 1 aliphatic heterocycles. The summed E-state index contributed by atoms with van der Waals surface area (Å²) in [7, 11) is 0. The highest BCUT2D eigenvalue weighted by Gasteiger charge is 2.30. The van der Waals surface area contributed by atoms with E-state index in [1.807, 2.05) is 30.3 Å². The summed E-state index contributed by atoms with van der Waals surface area (Å²) >= 11 is 0. The van der Waals surface area contributed by atoms with Crippen LogP contribution in [0.4, 0.5) is 0 Å². The summed E-state index contributed by atoms with van der Waals surface area (Å²) in [6.07, 6.45) is 2.84. The van der Waals surface area contributed by atoms with Crippen LogP contribution in [0, 0.1) is 0 Å². The molecular weight excluding hydrogens is 282 g/mol. The lowest BCUT2D eigenvalue weighted by atomic mass is 10.0. The Labute approximate surface area is 128 Å². The Morgan fingerprint density at radius 2 is 2.14 bits per heavy atom. The maximum Gasteiger partial charge on any atom is 0.274 e. The lowest BCUT2D eigenvalue weighted by molar-refractivity contribution is -0.136. The lowest BCUT2D eigenvalue weighted by Gasteiger charge is -2.32. The summed E-state index contributed by atoms with van der Waals surface area (Å²) in [6, 6.07) is 10.8. The van der Waals surface area contributed by atoms with Gasteiger partial charge in [0.2, 0.25) is 5.91 Å². The number of benzene rings is 1. The molecule has 22 heavy (non-hydrogen) atoms. The van der Waals surface area contributed by atoms with Crippen molar-refractivity contribution in [2.75, 3.05) is 6.54 Å². The van der Waals surface area contributed by atoms with E-state index >= 15 is 0 Å². The van der Waals surface area contributed by atoms with E-state index in [1.165, 1.54) is 12.3 Å². The van der Waals surface area contributed by atoms with Crippen molar-refractivity contribution >= 4 is 11.8 Å². The minimum absolute atomic E-state index is 0.0491. The first-order valence-electron chi connectivity index (χ1n) is 7.28. The molecule has 0 aliphatic carbocycles. The van der Waals surface area contributed by atoms with Crippen LogP contribution in [0.2, 0.25) is 0 Å². The summed E-state index contributed by atoms with van der Waals surface area (Å²) in [6.45, 7) is 1.28.